The highest BCUT2D eigenvalue weighted by Gasteiger charge is 2.32. The molecule has 9 heteroatoms. The van der Waals surface area contributed by atoms with Crippen molar-refractivity contribution in [1.82, 2.24) is 4.31 Å². The number of anilines is 1. The molecule has 7 nitrogen and oxygen atoms in total. The fourth-order valence-corrected chi connectivity index (χ4v) is 4.86. The maximum atomic E-state index is 12.8. The van der Waals surface area contributed by atoms with Crippen LogP contribution in [0.5, 0.6) is 5.75 Å². The number of nitrogens with zero attached hydrogens (tertiary/aromatic N) is 2. The van der Waals surface area contributed by atoms with Crippen molar-refractivity contribution in [2.75, 3.05) is 25.5 Å². The number of sulfonamides is 1. The van der Waals surface area contributed by atoms with Crippen LogP contribution >= 0.6 is 11.6 Å². The molecule has 0 spiro atoms. The van der Waals surface area contributed by atoms with Gasteiger partial charge in [-0.1, -0.05) is 11.6 Å². The van der Waals surface area contributed by atoms with Crippen LogP contribution in [-0.2, 0) is 14.8 Å². The number of carbonyl (C=O) groups excluding carboxylic acids is 1. The maximum absolute atomic E-state index is 12.8. The van der Waals surface area contributed by atoms with Gasteiger partial charge in [0.25, 0.3) is 0 Å². The van der Waals surface area contributed by atoms with Gasteiger partial charge in [-0.25, -0.2) is 8.42 Å². The molecule has 0 radical (unpaired) electrons. The largest absolute Gasteiger partial charge is 0.495 e. The Morgan fingerprint density at radius 2 is 1.86 bits per heavy atom. The van der Waals surface area contributed by atoms with Gasteiger partial charge >= 0.3 is 0 Å². The Labute approximate surface area is 174 Å². The lowest BCUT2D eigenvalue weighted by atomic mass is 9.97. The fraction of sp³-hybridized carbons (Fsp3) is 0.300. The van der Waals surface area contributed by atoms with Crippen molar-refractivity contribution in [3.8, 4) is 11.8 Å². The van der Waals surface area contributed by atoms with Gasteiger partial charge in [0, 0.05) is 24.0 Å². The van der Waals surface area contributed by atoms with Gasteiger partial charge < -0.3 is 10.1 Å². The predicted molar refractivity (Wildman–Crippen MR) is 109 cm³/mol. The molecule has 0 aliphatic carbocycles. The van der Waals surface area contributed by atoms with Crippen molar-refractivity contribution >= 4 is 33.2 Å². The van der Waals surface area contributed by atoms with Crippen molar-refractivity contribution in [3.63, 3.8) is 0 Å². The summed E-state index contributed by atoms with van der Waals surface area (Å²) in [5.41, 5.74) is 0.883. The van der Waals surface area contributed by atoms with E-state index in [0.29, 0.717) is 34.9 Å². The lowest BCUT2D eigenvalue weighted by Crippen LogP contribution is -2.41. The van der Waals surface area contributed by atoms with E-state index in [4.69, 9.17) is 21.6 Å². The van der Waals surface area contributed by atoms with Gasteiger partial charge in [0.05, 0.1) is 29.3 Å². The van der Waals surface area contributed by atoms with Crippen LogP contribution in [0.1, 0.15) is 18.4 Å². The Morgan fingerprint density at radius 3 is 2.45 bits per heavy atom. The average molecular weight is 434 g/mol. The van der Waals surface area contributed by atoms with Gasteiger partial charge in [0.2, 0.25) is 15.9 Å². The first-order valence-corrected chi connectivity index (χ1v) is 10.8. The van der Waals surface area contributed by atoms with Crippen molar-refractivity contribution in [2.45, 2.75) is 17.7 Å². The molecule has 1 saturated heterocycles. The van der Waals surface area contributed by atoms with Gasteiger partial charge in [0.15, 0.2) is 0 Å². The molecule has 1 aliphatic rings. The number of methoxy groups -OCH3 is 1. The average Bonchev–Trinajstić information content (AvgIpc) is 2.74. The van der Waals surface area contributed by atoms with Crippen LogP contribution in [0.2, 0.25) is 5.02 Å². The van der Waals surface area contributed by atoms with Crippen LogP contribution in [0.4, 0.5) is 5.69 Å². The highest BCUT2D eigenvalue weighted by Crippen LogP contribution is 2.30. The second-order valence-corrected chi connectivity index (χ2v) is 9.02. The first-order chi connectivity index (χ1) is 13.8. The van der Waals surface area contributed by atoms with E-state index in [0.717, 1.165) is 0 Å². The van der Waals surface area contributed by atoms with Gasteiger partial charge in [0.1, 0.15) is 5.75 Å². The van der Waals surface area contributed by atoms with E-state index in [1.54, 1.807) is 18.2 Å². The maximum Gasteiger partial charge on any atom is 0.243 e. The highest BCUT2D eigenvalue weighted by molar-refractivity contribution is 7.89. The first kappa shape index (κ1) is 21.1. The molecule has 0 unspecified atom stereocenters. The van der Waals surface area contributed by atoms with E-state index < -0.39 is 10.0 Å². The van der Waals surface area contributed by atoms with Gasteiger partial charge in [-0.3, -0.25) is 4.79 Å². The number of hydrogen-bond donors (Lipinski definition) is 1. The second kappa shape index (κ2) is 8.82. The van der Waals surface area contributed by atoms with Crippen LogP contribution in [0.3, 0.4) is 0 Å². The number of hydrogen-bond acceptors (Lipinski definition) is 5. The molecule has 3 rings (SSSR count). The highest BCUT2D eigenvalue weighted by atomic mass is 35.5. The third-order valence-electron chi connectivity index (χ3n) is 4.87. The van der Waals surface area contributed by atoms with E-state index in [9.17, 15) is 13.2 Å². The number of piperidine rings is 1. The summed E-state index contributed by atoms with van der Waals surface area (Å²) in [5.74, 6) is -0.00401. The number of ether oxygens (including phenoxy) is 1. The summed E-state index contributed by atoms with van der Waals surface area (Å²) >= 11 is 5.99. The number of benzene rings is 2. The summed E-state index contributed by atoms with van der Waals surface area (Å²) in [4.78, 5) is 12.8. The lowest BCUT2D eigenvalue weighted by molar-refractivity contribution is -0.120. The number of nitrogens with one attached hydrogen (secondary N) is 1. The van der Waals surface area contributed by atoms with Crippen molar-refractivity contribution in [2.24, 2.45) is 5.92 Å². The second-order valence-electron chi connectivity index (χ2n) is 6.65. The molecule has 152 valence electrons. The minimum absolute atomic E-state index is 0.142. The van der Waals surface area contributed by atoms with Crippen LogP contribution in [0.15, 0.2) is 47.4 Å². The van der Waals surface area contributed by atoms with Crippen molar-refractivity contribution in [1.29, 1.82) is 5.26 Å². The standard InChI is InChI=1S/C20H20ClN3O4S/c1-28-19-7-4-16(21)12-18(19)23-20(25)15-8-10-24(11-9-15)29(26,27)17-5-2-14(13-22)3-6-17/h2-7,12,15H,8-11H2,1H3,(H,23,25). The Kier molecular flexibility index (Phi) is 6.42. The molecular formula is C20H20ClN3O4S. The number of rotatable bonds is 5. The Hall–Kier alpha value is -2.60. The van der Waals surface area contributed by atoms with E-state index in [2.05, 4.69) is 5.32 Å². The predicted octanol–water partition coefficient (Wildman–Crippen LogP) is 3.26. The molecule has 2 aromatic carbocycles. The Morgan fingerprint density at radius 1 is 1.21 bits per heavy atom. The van der Waals surface area contributed by atoms with Gasteiger partial charge in [-0.2, -0.15) is 9.57 Å². The zero-order valence-corrected chi connectivity index (χ0v) is 17.3. The topological polar surface area (TPSA) is 99.5 Å². The molecular weight excluding hydrogens is 414 g/mol. The quantitative estimate of drug-likeness (QED) is 0.780. The van der Waals surface area contributed by atoms with Crippen LogP contribution in [-0.4, -0.2) is 38.8 Å². The van der Waals surface area contributed by atoms with E-state index >= 15 is 0 Å². The first-order valence-electron chi connectivity index (χ1n) is 9.00. The monoisotopic (exact) mass is 433 g/mol. The zero-order valence-electron chi connectivity index (χ0n) is 15.8. The molecule has 0 atom stereocenters. The van der Waals surface area contributed by atoms with Gasteiger partial charge in [-0.15, -0.1) is 0 Å². The summed E-state index contributed by atoms with van der Waals surface area (Å²) in [6, 6.07) is 12.7. The lowest BCUT2D eigenvalue weighted by Gasteiger charge is -2.30. The molecule has 0 saturated carbocycles. The third kappa shape index (κ3) is 4.70. The van der Waals surface area contributed by atoms with E-state index in [-0.39, 0.29) is 29.8 Å². The number of amides is 1. The molecule has 1 heterocycles. The summed E-state index contributed by atoms with van der Waals surface area (Å²) in [6.07, 6.45) is 0.814. The minimum atomic E-state index is -3.66. The summed E-state index contributed by atoms with van der Waals surface area (Å²) in [6.45, 7) is 0.486. The Balaban J connectivity index is 1.64. The molecule has 29 heavy (non-hydrogen) atoms. The van der Waals surface area contributed by atoms with E-state index in [1.165, 1.54) is 35.7 Å². The molecule has 1 aliphatic heterocycles. The van der Waals surface area contributed by atoms with E-state index in [1.807, 2.05) is 6.07 Å². The molecule has 0 bridgehead atoms. The molecule has 1 amide bonds. The normalized spacial score (nSPS) is 15.5. The number of halogens is 1. The number of nitriles is 1. The molecule has 1 fully saturated rings. The Bertz CT molecular complexity index is 1040. The summed E-state index contributed by atoms with van der Waals surface area (Å²) in [5, 5.41) is 12.2. The summed E-state index contributed by atoms with van der Waals surface area (Å²) in [7, 11) is -2.15. The molecule has 0 aromatic heterocycles. The SMILES string of the molecule is COc1ccc(Cl)cc1NC(=O)C1CCN(S(=O)(=O)c2ccc(C#N)cc2)CC1. The fourth-order valence-electron chi connectivity index (χ4n) is 3.22. The number of carbonyl (C=O) groups is 1. The molecule has 2 aromatic rings. The van der Waals surface area contributed by atoms with Crippen molar-refractivity contribution in [3.05, 3.63) is 53.1 Å². The van der Waals surface area contributed by atoms with Gasteiger partial charge in [-0.05, 0) is 55.3 Å². The summed E-state index contributed by atoms with van der Waals surface area (Å²) < 4.78 is 32.2. The van der Waals surface area contributed by atoms with Crippen LogP contribution in [0.25, 0.3) is 0 Å². The smallest absolute Gasteiger partial charge is 0.243 e. The third-order valence-corrected chi connectivity index (χ3v) is 7.01. The van der Waals surface area contributed by atoms with Crippen LogP contribution < -0.4 is 10.1 Å². The minimum Gasteiger partial charge on any atom is -0.495 e. The molecule has 1 N–H and O–H groups in total. The van der Waals surface area contributed by atoms with Crippen molar-refractivity contribution < 1.29 is 17.9 Å². The van der Waals surface area contributed by atoms with Crippen LogP contribution in [0, 0.1) is 17.2 Å². The zero-order chi connectivity index (χ0) is 21.0.